The maximum absolute atomic E-state index is 12.4. The number of aryl methyl sites for hydroxylation is 1. The summed E-state index contributed by atoms with van der Waals surface area (Å²) in [5, 5.41) is 2.00. The number of hydrogen-bond acceptors (Lipinski definition) is 5. The second kappa shape index (κ2) is 5.10. The summed E-state index contributed by atoms with van der Waals surface area (Å²) in [6.07, 6.45) is 0. The third-order valence-electron chi connectivity index (χ3n) is 3.01. The summed E-state index contributed by atoms with van der Waals surface area (Å²) in [6.45, 7) is 6.74. The molecule has 1 aromatic heterocycles. The van der Waals surface area contributed by atoms with Crippen LogP contribution >= 0.6 is 24.0 Å². The third-order valence-corrected chi connectivity index (χ3v) is 4.54. The van der Waals surface area contributed by atoms with Crippen molar-refractivity contribution in [2.75, 3.05) is 26.3 Å². The summed E-state index contributed by atoms with van der Waals surface area (Å²) in [6, 6.07) is 1.93. The lowest BCUT2D eigenvalue weighted by Crippen LogP contribution is -2.52. The summed E-state index contributed by atoms with van der Waals surface area (Å²) in [5.41, 5.74) is 1.13. The zero-order valence-corrected chi connectivity index (χ0v) is 11.8. The summed E-state index contributed by atoms with van der Waals surface area (Å²) < 4.78 is 5.30. The van der Waals surface area contributed by atoms with E-state index in [1.165, 1.54) is 11.3 Å². The van der Waals surface area contributed by atoms with Crippen LogP contribution in [-0.2, 0) is 4.74 Å². The van der Waals surface area contributed by atoms with E-state index in [0.29, 0.717) is 13.2 Å². The number of hydrogen-bond donors (Lipinski definition) is 1. The number of ketones is 1. The molecule has 0 aliphatic carbocycles. The van der Waals surface area contributed by atoms with Crippen molar-refractivity contribution in [2.24, 2.45) is 0 Å². The van der Waals surface area contributed by atoms with Gasteiger partial charge in [0.2, 0.25) is 5.78 Å². The first-order chi connectivity index (χ1) is 8.01. The first-order valence-electron chi connectivity index (χ1n) is 5.67. The molecule has 0 aromatic carbocycles. The molecule has 2 heterocycles. The molecule has 1 unspecified atom stereocenters. The van der Waals surface area contributed by atoms with E-state index in [1.807, 2.05) is 25.3 Å². The van der Waals surface area contributed by atoms with Crippen molar-refractivity contribution in [2.45, 2.75) is 18.7 Å². The average Bonchev–Trinajstić information content (AvgIpc) is 2.76. The maximum Gasteiger partial charge on any atom is 0.202 e. The van der Waals surface area contributed by atoms with Gasteiger partial charge in [0.25, 0.3) is 0 Å². The van der Waals surface area contributed by atoms with E-state index in [9.17, 15) is 4.79 Å². The van der Waals surface area contributed by atoms with Gasteiger partial charge in [-0.05, 0) is 30.9 Å². The molecule has 1 atom stereocenters. The average molecular weight is 271 g/mol. The number of carbonyl (C=O) groups is 1. The molecule has 0 bridgehead atoms. The van der Waals surface area contributed by atoms with E-state index in [1.54, 1.807) is 0 Å². The van der Waals surface area contributed by atoms with Gasteiger partial charge in [-0.15, -0.1) is 24.0 Å². The van der Waals surface area contributed by atoms with Gasteiger partial charge >= 0.3 is 0 Å². The Hall–Kier alpha value is -0.360. The molecule has 0 N–H and O–H groups in total. The Kier molecular flexibility index (Phi) is 3.92. The van der Waals surface area contributed by atoms with Crippen molar-refractivity contribution >= 4 is 29.7 Å². The molecule has 1 fully saturated rings. The van der Waals surface area contributed by atoms with Gasteiger partial charge in [-0.3, -0.25) is 9.69 Å². The second-order valence-electron chi connectivity index (χ2n) is 4.44. The van der Waals surface area contributed by atoms with Crippen LogP contribution in [0.1, 0.15) is 22.2 Å². The number of rotatable bonds is 3. The van der Waals surface area contributed by atoms with Crippen LogP contribution in [0.3, 0.4) is 0 Å². The summed E-state index contributed by atoms with van der Waals surface area (Å²) in [5.74, 6) is 0.0841. The highest BCUT2D eigenvalue weighted by Gasteiger charge is 2.37. The van der Waals surface area contributed by atoms with Crippen LogP contribution in [0.4, 0.5) is 0 Å². The normalized spacial score (nSPS) is 21.1. The zero-order valence-electron chi connectivity index (χ0n) is 10.1. The van der Waals surface area contributed by atoms with Crippen molar-refractivity contribution in [3.8, 4) is 0 Å². The fraction of sp³-hybridized carbons (Fsp3) is 0.583. The Morgan fingerprint density at radius 3 is 2.71 bits per heavy atom. The number of thiol groups is 1. The lowest BCUT2D eigenvalue weighted by molar-refractivity contribution is 0.0141. The van der Waals surface area contributed by atoms with Gasteiger partial charge in [-0.2, -0.15) is 0 Å². The molecular weight excluding hydrogens is 254 g/mol. The SMILES string of the molecule is Cc1csc(C(=O)C(C)(S)N2CCOCC2)c1. The van der Waals surface area contributed by atoms with Crippen molar-refractivity contribution in [3.63, 3.8) is 0 Å². The molecule has 0 amide bonds. The van der Waals surface area contributed by atoms with Gasteiger partial charge in [0.05, 0.1) is 18.1 Å². The molecule has 17 heavy (non-hydrogen) atoms. The molecule has 0 saturated carbocycles. The Bertz CT molecular complexity index is 408. The highest BCUT2D eigenvalue weighted by atomic mass is 32.1. The molecule has 1 aliphatic heterocycles. The highest BCUT2D eigenvalue weighted by molar-refractivity contribution is 7.82. The van der Waals surface area contributed by atoms with Crippen LogP contribution in [0.15, 0.2) is 11.4 Å². The van der Waals surface area contributed by atoms with Crippen LogP contribution in [0.25, 0.3) is 0 Å². The van der Waals surface area contributed by atoms with Crippen LogP contribution in [0.2, 0.25) is 0 Å². The summed E-state index contributed by atoms with van der Waals surface area (Å²) >= 11 is 6.06. The number of Topliss-reactive ketones (excluding diaryl/α,β-unsaturated/α-hetero) is 1. The van der Waals surface area contributed by atoms with Crippen LogP contribution in [0, 0.1) is 6.92 Å². The first kappa shape index (κ1) is 13.1. The minimum absolute atomic E-state index is 0.0841. The molecule has 0 spiro atoms. The van der Waals surface area contributed by atoms with Crippen molar-refractivity contribution in [1.29, 1.82) is 0 Å². The second-order valence-corrected chi connectivity index (χ2v) is 6.22. The van der Waals surface area contributed by atoms with Crippen molar-refractivity contribution in [1.82, 2.24) is 4.90 Å². The van der Waals surface area contributed by atoms with Gasteiger partial charge in [-0.25, -0.2) is 0 Å². The Balaban J connectivity index is 2.16. The predicted octanol–water partition coefficient (Wildman–Crippen LogP) is 2.22. The smallest absolute Gasteiger partial charge is 0.202 e. The topological polar surface area (TPSA) is 29.5 Å². The van der Waals surface area contributed by atoms with Gasteiger partial charge in [0.1, 0.15) is 4.87 Å². The van der Waals surface area contributed by atoms with E-state index >= 15 is 0 Å². The van der Waals surface area contributed by atoms with Crippen molar-refractivity contribution < 1.29 is 9.53 Å². The van der Waals surface area contributed by atoms with E-state index < -0.39 is 4.87 Å². The molecule has 2 rings (SSSR count). The highest BCUT2D eigenvalue weighted by Crippen LogP contribution is 2.28. The quantitative estimate of drug-likeness (QED) is 0.675. The molecule has 1 aromatic rings. The number of carbonyl (C=O) groups excluding carboxylic acids is 1. The Morgan fingerprint density at radius 1 is 1.53 bits per heavy atom. The third kappa shape index (κ3) is 2.73. The Labute approximate surface area is 111 Å². The van der Waals surface area contributed by atoms with Crippen molar-refractivity contribution in [3.05, 3.63) is 21.9 Å². The van der Waals surface area contributed by atoms with Gasteiger partial charge in [0.15, 0.2) is 0 Å². The fourth-order valence-corrected chi connectivity index (χ4v) is 3.26. The zero-order chi connectivity index (χ0) is 12.5. The molecular formula is C12H17NO2S2. The molecule has 1 aliphatic rings. The maximum atomic E-state index is 12.4. The first-order valence-corrected chi connectivity index (χ1v) is 6.99. The van der Waals surface area contributed by atoms with Crippen LogP contribution in [0.5, 0.6) is 0 Å². The fourth-order valence-electron chi connectivity index (χ4n) is 1.93. The van der Waals surface area contributed by atoms with Gasteiger partial charge < -0.3 is 4.74 Å². The van der Waals surface area contributed by atoms with Crippen LogP contribution in [-0.4, -0.2) is 41.9 Å². The Morgan fingerprint density at radius 2 is 2.18 bits per heavy atom. The number of thiophene rings is 1. The number of morpholine rings is 1. The van der Waals surface area contributed by atoms with Crippen LogP contribution < -0.4 is 0 Å². The monoisotopic (exact) mass is 271 g/mol. The van der Waals surface area contributed by atoms with E-state index in [0.717, 1.165) is 23.5 Å². The standard InChI is InChI=1S/C12H17NO2S2/c1-9-7-10(17-8-9)11(14)12(2,16)13-3-5-15-6-4-13/h7-8,16H,3-6H2,1-2H3. The lowest BCUT2D eigenvalue weighted by Gasteiger charge is -2.38. The molecule has 1 saturated heterocycles. The molecule has 5 heteroatoms. The minimum atomic E-state index is -0.735. The number of nitrogens with zero attached hydrogens (tertiary/aromatic N) is 1. The summed E-state index contributed by atoms with van der Waals surface area (Å²) in [4.78, 5) is 14.6. The van der Waals surface area contributed by atoms with Gasteiger partial charge in [0, 0.05) is 13.1 Å². The largest absolute Gasteiger partial charge is 0.379 e. The van der Waals surface area contributed by atoms with E-state index in [2.05, 4.69) is 17.5 Å². The summed E-state index contributed by atoms with van der Waals surface area (Å²) in [7, 11) is 0. The molecule has 3 nitrogen and oxygen atoms in total. The molecule has 0 radical (unpaired) electrons. The molecule has 94 valence electrons. The number of ether oxygens (including phenoxy) is 1. The van der Waals surface area contributed by atoms with Gasteiger partial charge in [-0.1, -0.05) is 0 Å². The minimum Gasteiger partial charge on any atom is -0.379 e. The lowest BCUT2D eigenvalue weighted by atomic mass is 10.1. The predicted molar refractivity (Wildman–Crippen MR) is 73.2 cm³/mol. The van der Waals surface area contributed by atoms with E-state index in [4.69, 9.17) is 4.74 Å². The van der Waals surface area contributed by atoms with E-state index in [-0.39, 0.29) is 5.78 Å².